The van der Waals surface area contributed by atoms with Gasteiger partial charge in [0.25, 0.3) is 5.91 Å². The Balaban J connectivity index is 2.25. The SMILES string of the molecule is Cc1ccc(C)c(-c2ccc(C(=O)NCCCl)o2)c1. The van der Waals surface area contributed by atoms with Crippen molar-refractivity contribution in [3.05, 3.63) is 47.2 Å². The van der Waals surface area contributed by atoms with Gasteiger partial charge in [0.2, 0.25) is 0 Å². The van der Waals surface area contributed by atoms with Crippen LogP contribution >= 0.6 is 11.6 Å². The zero-order valence-electron chi connectivity index (χ0n) is 11.0. The van der Waals surface area contributed by atoms with Crippen LogP contribution in [0.2, 0.25) is 0 Å². The highest BCUT2D eigenvalue weighted by Gasteiger charge is 2.12. The number of carbonyl (C=O) groups excluding carboxylic acids is 1. The molecule has 2 aromatic rings. The Hall–Kier alpha value is -1.74. The van der Waals surface area contributed by atoms with Crippen molar-refractivity contribution in [1.29, 1.82) is 0 Å². The minimum absolute atomic E-state index is 0.239. The molecule has 1 N–H and O–H groups in total. The number of halogens is 1. The van der Waals surface area contributed by atoms with Crippen molar-refractivity contribution in [3.8, 4) is 11.3 Å². The lowest BCUT2D eigenvalue weighted by Gasteiger charge is -2.04. The summed E-state index contributed by atoms with van der Waals surface area (Å²) >= 11 is 5.53. The van der Waals surface area contributed by atoms with E-state index in [0.717, 1.165) is 16.7 Å². The Morgan fingerprint density at radius 1 is 1.26 bits per heavy atom. The fourth-order valence-corrected chi connectivity index (χ4v) is 1.95. The molecular weight excluding hydrogens is 262 g/mol. The van der Waals surface area contributed by atoms with Crippen LogP contribution in [-0.4, -0.2) is 18.3 Å². The van der Waals surface area contributed by atoms with Crippen molar-refractivity contribution >= 4 is 17.5 Å². The quantitative estimate of drug-likeness (QED) is 0.869. The average molecular weight is 278 g/mol. The van der Waals surface area contributed by atoms with Crippen molar-refractivity contribution in [2.75, 3.05) is 12.4 Å². The first-order chi connectivity index (χ1) is 9.11. The van der Waals surface area contributed by atoms with Gasteiger partial charge in [-0.3, -0.25) is 4.79 Å². The maximum absolute atomic E-state index is 11.7. The minimum atomic E-state index is -0.239. The van der Waals surface area contributed by atoms with Crippen molar-refractivity contribution in [1.82, 2.24) is 5.32 Å². The fraction of sp³-hybridized carbons (Fsp3) is 0.267. The molecule has 0 bridgehead atoms. The average Bonchev–Trinajstić information content (AvgIpc) is 2.88. The van der Waals surface area contributed by atoms with E-state index in [2.05, 4.69) is 17.4 Å². The molecule has 100 valence electrons. The standard InChI is InChI=1S/C15H16ClNO2/c1-10-3-4-11(2)12(9-10)13-5-6-14(19-13)15(18)17-8-7-16/h3-6,9H,7-8H2,1-2H3,(H,17,18). The van der Waals surface area contributed by atoms with Gasteiger partial charge in [-0.1, -0.05) is 17.7 Å². The monoisotopic (exact) mass is 277 g/mol. The molecule has 0 fully saturated rings. The van der Waals surface area contributed by atoms with Gasteiger partial charge in [0, 0.05) is 18.0 Å². The number of nitrogens with one attached hydrogen (secondary N) is 1. The number of benzene rings is 1. The van der Waals surface area contributed by atoms with E-state index in [4.69, 9.17) is 16.0 Å². The summed E-state index contributed by atoms with van der Waals surface area (Å²) in [6.45, 7) is 4.48. The van der Waals surface area contributed by atoms with Crippen LogP contribution in [0.3, 0.4) is 0 Å². The van der Waals surface area contributed by atoms with E-state index in [0.29, 0.717) is 23.9 Å². The Morgan fingerprint density at radius 3 is 2.79 bits per heavy atom. The van der Waals surface area contributed by atoms with Gasteiger partial charge in [0.1, 0.15) is 5.76 Å². The molecule has 0 saturated heterocycles. The van der Waals surface area contributed by atoms with Gasteiger partial charge in [0.15, 0.2) is 5.76 Å². The third kappa shape index (κ3) is 3.18. The van der Waals surface area contributed by atoms with Crippen LogP contribution in [0.4, 0.5) is 0 Å². The molecule has 4 heteroatoms. The van der Waals surface area contributed by atoms with E-state index in [-0.39, 0.29) is 5.91 Å². The van der Waals surface area contributed by atoms with E-state index in [1.54, 1.807) is 6.07 Å². The molecule has 1 aromatic carbocycles. The molecular formula is C15H16ClNO2. The maximum atomic E-state index is 11.7. The van der Waals surface area contributed by atoms with Gasteiger partial charge >= 0.3 is 0 Å². The van der Waals surface area contributed by atoms with E-state index in [1.807, 2.05) is 26.0 Å². The molecule has 2 rings (SSSR count). The predicted molar refractivity (Wildman–Crippen MR) is 76.7 cm³/mol. The summed E-state index contributed by atoms with van der Waals surface area (Å²) in [5.41, 5.74) is 3.29. The van der Waals surface area contributed by atoms with E-state index in [9.17, 15) is 4.79 Å². The van der Waals surface area contributed by atoms with Crippen LogP contribution in [0.25, 0.3) is 11.3 Å². The lowest BCUT2D eigenvalue weighted by atomic mass is 10.0. The first-order valence-electron chi connectivity index (χ1n) is 6.13. The zero-order chi connectivity index (χ0) is 13.8. The summed E-state index contributed by atoms with van der Waals surface area (Å²) in [4.78, 5) is 11.7. The van der Waals surface area contributed by atoms with Crippen LogP contribution < -0.4 is 5.32 Å². The van der Waals surface area contributed by atoms with Crippen LogP contribution in [0.15, 0.2) is 34.7 Å². The molecule has 19 heavy (non-hydrogen) atoms. The maximum Gasteiger partial charge on any atom is 0.287 e. The second-order valence-electron chi connectivity index (χ2n) is 4.43. The van der Waals surface area contributed by atoms with Crippen molar-refractivity contribution in [2.24, 2.45) is 0 Å². The van der Waals surface area contributed by atoms with E-state index in [1.165, 1.54) is 0 Å². The molecule has 0 radical (unpaired) electrons. The summed E-state index contributed by atoms with van der Waals surface area (Å²) < 4.78 is 5.61. The topological polar surface area (TPSA) is 42.2 Å². The molecule has 1 amide bonds. The molecule has 1 aromatic heterocycles. The summed E-state index contributed by atoms with van der Waals surface area (Å²) in [6.07, 6.45) is 0. The van der Waals surface area contributed by atoms with Gasteiger partial charge in [-0.15, -0.1) is 11.6 Å². The first-order valence-corrected chi connectivity index (χ1v) is 6.67. The molecule has 0 aliphatic rings. The summed E-state index contributed by atoms with van der Waals surface area (Å²) in [5.74, 6) is 1.16. The third-order valence-electron chi connectivity index (χ3n) is 2.87. The van der Waals surface area contributed by atoms with Gasteiger partial charge in [-0.2, -0.15) is 0 Å². The van der Waals surface area contributed by atoms with E-state index >= 15 is 0 Å². The number of hydrogen-bond acceptors (Lipinski definition) is 2. The summed E-state index contributed by atoms with van der Waals surface area (Å²) in [7, 11) is 0. The zero-order valence-corrected chi connectivity index (χ0v) is 11.8. The van der Waals surface area contributed by atoms with Crippen LogP contribution in [0.1, 0.15) is 21.7 Å². The molecule has 0 saturated carbocycles. The largest absolute Gasteiger partial charge is 0.451 e. The van der Waals surface area contributed by atoms with Crippen molar-refractivity contribution in [2.45, 2.75) is 13.8 Å². The first kappa shape index (κ1) is 13.7. The highest BCUT2D eigenvalue weighted by molar-refractivity contribution is 6.18. The van der Waals surface area contributed by atoms with Gasteiger partial charge in [-0.05, 0) is 37.6 Å². The smallest absolute Gasteiger partial charge is 0.287 e. The number of hydrogen-bond donors (Lipinski definition) is 1. The fourth-order valence-electron chi connectivity index (χ4n) is 1.85. The Bertz CT molecular complexity index is 590. The molecule has 0 aliphatic carbocycles. The van der Waals surface area contributed by atoms with Crippen LogP contribution in [-0.2, 0) is 0 Å². The number of aryl methyl sites for hydroxylation is 2. The summed E-state index contributed by atoms with van der Waals surface area (Å²) in [5, 5.41) is 2.67. The van der Waals surface area contributed by atoms with Crippen molar-refractivity contribution in [3.63, 3.8) is 0 Å². The normalized spacial score (nSPS) is 10.5. The van der Waals surface area contributed by atoms with Gasteiger partial charge in [0.05, 0.1) is 0 Å². The third-order valence-corrected chi connectivity index (χ3v) is 3.06. The van der Waals surface area contributed by atoms with Crippen LogP contribution in [0.5, 0.6) is 0 Å². The molecule has 3 nitrogen and oxygen atoms in total. The Labute approximate surface area is 117 Å². The minimum Gasteiger partial charge on any atom is -0.451 e. The number of furan rings is 1. The molecule has 0 unspecified atom stereocenters. The lowest BCUT2D eigenvalue weighted by molar-refractivity contribution is 0.0929. The number of alkyl halides is 1. The van der Waals surface area contributed by atoms with E-state index < -0.39 is 0 Å². The number of amides is 1. The van der Waals surface area contributed by atoms with Gasteiger partial charge < -0.3 is 9.73 Å². The number of rotatable bonds is 4. The molecule has 0 atom stereocenters. The molecule has 1 heterocycles. The highest BCUT2D eigenvalue weighted by atomic mass is 35.5. The predicted octanol–water partition coefficient (Wildman–Crippen LogP) is 3.53. The highest BCUT2D eigenvalue weighted by Crippen LogP contribution is 2.26. The molecule has 0 aliphatic heterocycles. The Kier molecular flexibility index (Phi) is 4.27. The Morgan fingerprint density at radius 2 is 2.05 bits per heavy atom. The number of carbonyl (C=O) groups is 1. The second kappa shape index (κ2) is 5.93. The van der Waals surface area contributed by atoms with Gasteiger partial charge in [-0.25, -0.2) is 0 Å². The lowest BCUT2D eigenvalue weighted by Crippen LogP contribution is -2.24. The molecule has 0 spiro atoms. The summed E-state index contributed by atoms with van der Waals surface area (Å²) in [6, 6.07) is 9.64. The van der Waals surface area contributed by atoms with Crippen molar-refractivity contribution < 1.29 is 9.21 Å². The van der Waals surface area contributed by atoms with Crippen LogP contribution in [0, 0.1) is 13.8 Å². The second-order valence-corrected chi connectivity index (χ2v) is 4.81.